The number of benzene rings is 1. The molecule has 0 saturated carbocycles. The third-order valence-corrected chi connectivity index (χ3v) is 3.61. The number of piperidine rings is 1. The zero-order valence-corrected chi connectivity index (χ0v) is 13.4. The molecule has 0 radical (unpaired) electrons. The third-order valence-electron chi connectivity index (χ3n) is 3.61. The van der Waals surface area contributed by atoms with Gasteiger partial charge in [0.1, 0.15) is 5.75 Å². The first-order valence-corrected chi connectivity index (χ1v) is 7.86. The molecule has 1 atom stereocenters. The normalized spacial score (nSPS) is 18.3. The lowest BCUT2D eigenvalue weighted by Gasteiger charge is -2.32. The van der Waals surface area contributed by atoms with Crippen LogP contribution in [0.1, 0.15) is 25.3 Å². The monoisotopic (exact) mass is 346 g/mol. The summed E-state index contributed by atoms with van der Waals surface area (Å²) in [6, 6.07) is 5.59. The van der Waals surface area contributed by atoms with Crippen molar-refractivity contribution < 1.29 is 27.4 Å². The molecule has 1 saturated heterocycles. The molecule has 1 aliphatic rings. The van der Waals surface area contributed by atoms with Crippen LogP contribution < -0.4 is 10.1 Å². The summed E-state index contributed by atoms with van der Waals surface area (Å²) < 4.78 is 46.4. The van der Waals surface area contributed by atoms with Crippen LogP contribution in [0.15, 0.2) is 24.3 Å². The Morgan fingerprint density at radius 2 is 2.21 bits per heavy atom. The molecule has 8 heteroatoms. The average molecular weight is 346 g/mol. The number of nitrogens with one attached hydrogen (secondary N) is 1. The fourth-order valence-corrected chi connectivity index (χ4v) is 2.57. The third kappa shape index (κ3) is 5.92. The first-order valence-electron chi connectivity index (χ1n) is 7.86. The molecule has 5 nitrogen and oxygen atoms in total. The molecule has 1 aliphatic heterocycles. The van der Waals surface area contributed by atoms with Gasteiger partial charge in [-0.1, -0.05) is 12.1 Å². The van der Waals surface area contributed by atoms with Crippen LogP contribution in [0.2, 0.25) is 0 Å². The lowest BCUT2D eigenvalue weighted by molar-refractivity contribution is -0.274. The van der Waals surface area contributed by atoms with Gasteiger partial charge in [0.05, 0.1) is 12.7 Å². The molecule has 2 amide bonds. The van der Waals surface area contributed by atoms with E-state index >= 15 is 0 Å². The van der Waals surface area contributed by atoms with Crippen LogP contribution >= 0.6 is 0 Å². The molecule has 1 aromatic rings. The van der Waals surface area contributed by atoms with E-state index in [0.717, 1.165) is 12.8 Å². The van der Waals surface area contributed by atoms with E-state index in [0.29, 0.717) is 25.2 Å². The second-order valence-electron chi connectivity index (χ2n) is 5.55. The van der Waals surface area contributed by atoms with Gasteiger partial charge in [0.2, 0.25) is 0 Å². The lowest BCUT2D eigenvalue weighted by Crippen LogP contribution is -2.47. The van der Waals surface area contributed by atoms with Crippen LogP contribution in [0.5, 0.6) is 5.75 Å². The molecule has 1 unspecified atom stereocenters. The Hall–Kier alpha value is -1.96. The van der Waals surface area contributed by atoms with Crippen LogP contribution in [0.3, 0.4) is 0 Å². The maximum Gasteiger partial charge on any atom is 0.573 e. The smallest absolute Gasteiger partial charge is 0.406 e. The fraction of sp³-hybridized carbons (Fsp3) is 0.562. The number of nitrogens with zero attached hydrogens (tertiary/aromatic N) is 1. The first kappa shape index (κ1) is 18.4. The topological polar surface area (TPSA) is 50.8 Å². The minimum atomic E-state index is -4.71. The van der Waals surface area contributed by atoms with Crippen molar-refractivity contribution in [1.82, 2.24) is 10.2 Å². The number of hydrogen-bond donors (Lipinski definition) is 1. The molecular formula is C16H21F3N2O3. The molecule has 1 N–H and O–H groups in total. The number of carbonyl (C=O) groups excluding carboxylic acids is 1. The highest BCUT2D eigenvalue weighted by molar-refractivity contribution is 5.74. The minimum absolute atomic E-state index is 0.119. The maximum atomic E-state index is 12.2. The Labute approximate surface area is 138 Å². The molecule has 1 aromatic carbocycles. The number of rotatable bonds is 5. The molecule has 134 valence electrons. The Morgan fingerprint density at radius 3 is 2.92 bits per heavy atom. The number of urea groups is 1. The van der Waals surface area contributed by atoms with Crippen LogP contribution in [0, 0.1) is 0 Å². The van der Waals surface area contributed by atoms with Gasteiger partial charge >= 0.3 is 12.4 Å². The van der Waals surface area contributed by atoms with Gasteiger partial charge in [-0.3, -0.25) is 0 Å². The zero-order valence-electron chi connectivity index (χ0n) is 13.4. The summed E-state index contributed by atoms with van der Waals surface area (Å²) in [4.78, 5) is 13.5. The highest BCUT2D eigenvalue weighted by Crippen LogP contribution is 2.24. The number of halogens is 3. The number of likely N-dealkylation sites (tertiary alicyclic amines) is 1. The summed E-state index contributed by atoms with van der Waals surface area (Å²) in [5.41, 5.74) is 0.590. The quantitative estimate of drug-likeness (QED) is 0.890. The Balaban J connectivity index is 1.86. The number of amides is 2. The minimum Gasteiger partial charge on any atom is -0.406 e. The molecule has 24 heavy (non-hydrogen) atoms. The summed E-state index contributed by atoms with van der Waals surface area (Å²) in [6.45, 7) is 3.74. The van der Waals surface area contributed by atoms with E-state index in [4.69, 9.17) is 4.74 Å². The van der Waals surface area contributed by atoms with Crippen molar-refractivity contribution in [2.24, 2.45) is 0 Å². The van der Waals surface area contributed by atoms with Crippen LogP contribution in [-0.2, 0) is 11.3 Å². The number of ether oxygens (including phenoxy) is 2. The molecule has 1 heterocycles. The van der Waals surface area contributed by atoms with Crippen LogP contribution in [0.4, 0.5) is 18.0 Å². The number of hydrogen-bond acceptors (Lipinski definition) is 3. The molecule has 2 rings (SSSR count). The predicted octanol–water partition coefficient (Wildman–Crippen LogP) is 3.30. The fourth-order valence-electron chi connectivity index (χ4n) is 2.57. The van der Waals surface area contributed by atoms with Crippen LogP contribution in [0.25, 0.3) is 0 Å². The van der Waals surface area contributed by atoms with Crippen LogP contribution in [-0.4, -0.2) is 43.0 Å². The number of carbonyl (C=O) groups is 1. The summed E-state index contributed by atoms with van der Waals surface area (Å²) >= 11 is 0. The van der Waals surface area contributed by atoms with Crippen molar-refractivity contribution in [3.8, 4) is 5.75 Å². The molecule has 0 aromatic heterocycles. The van der Waals surface area contributed by atoms with Gasteiger partial charge in [-0.2, -0.15) is 0 Å². The van der Waals surface area contributed by atoms with Gasteiger partial charge in [0.15, 0.2) is 0 Å². The van der Waals surface area contributed by atoms with Crippen molar-refractivity contribution in [3.63, 3.8) is 0 Å². The largest absolute Gasteiger partial charge is 0.573 e. The molecule has 0 bridgehead atoms. The Morgan fingerprint density at radius 1 is 1.42 bits per heavy atom. The van der Waals surface area contributed by atoms with E-state index < -0.39 is 6.36 Å². The van der Waals surface area contributed by atoms with E-state index in [1.54, 1.807) is 11.0 Å². The van der Waals surface area contributed by atoms with Gasteiger partial charge in [-0.05, 0) is 37.5 Å². The second-order valence-corrected chi connectivity index (χ2v) is 5.55. The van der Waals surface area contributed by atoms with E-state index in [9.17, 15) is 18.0 Å². The van der Waals surface area contributed by atoms with Gasteiger partial charge < -0.3 is 19.7 Å². The zero-order chi connectivity index (χ0) is 17.6. The Bertz CT molecular complexity index is 552. The molecule has 1 fully saturated rings. The summed E-state index contributed by atoms with van der Waals surface area (Å²) in [6.07, 6.45) is -3.20. The Kier molecular flexibility index (Phi) is 6.30. The predicted molar refractivity (Wildman–Crippen MR) is 81.6 cm³/mol. The molecule has 0 spiro atoms. The van der Waals surface area contributed by atoms with Crippen molar-refractivity contribution in [2.75, 3.05) is 19.6 Å². The highest BCUT2D eigenvalue weighted by atomic mass is 19.4. The van der Waals surface area contributed by atoms with Gasteiger partial charge in [-0.15, -0.1) is 13.2 Å². The lowest BCUT2D eigenvalue weighted by atomic mass is 10.1. The van der Waals surface area contributed by atoms with Crippen molar-refractivity contribution >= 4 is 6.03 Å². The number of alkyl halides is 3. The molecular weight excluding hydrogens is 325 g/mol. The average Bonchev–Trinajstić information content (AvgIpc) is 2.52. The molecule has 0 aliphatic carbocycles. The summed E-state index contributed by atoms with van der Waals surface area (Å²) in [7, 11) is 0. The van der Waals surface area contributed by atoms with Crippen molar-refractivity contribution in [2.45, 2.75) is 38.8 Å². The summed E-state index contributed by atoms with van der Waals surface area (Å²) in [5, 5.41) is 2.75. The van der Waals surface area contributed by atoms with Gasteiger partial charge in [-0.25, -0.2) is 4.79 Å². The van der Waals surface area contributed by atoms with Gasteiger partial charge in [0.25, 0.3) is 0 Å². The van der Waals surface area contributed by atoms with E-state index in [1.807, 2.05) is 6.92 Å². The van der Waals surface area contributed by atoms with Crippen molar-refractivity contribution in [3.05, 3.63) is 29.8 Å². The second kappa shape index (κ2) is 8.23. The van der Waals surface area contributed by atoms with E-state index in [2.05, 4.69) is 10.1 Å². The summed E-state index contributed by atoms with van der Waals surface area (Å²) in [5.74, 6) is -0.267. The standard InChI is InChI=1S/C16H21F3N2O3/c1-2-20-15(22)21-8-4-7-14(10-21)23-11-12-5-3-6-13(9-12)24-16(17,18)19/h3,5-6,9,14H,2,4,7-8,10-11H2,1H3,(H,20,22). The van der Waals surface area contributed by atoms with E-state index in [1.165, 1.54) is 18.2 Å². The first-order chi connectivity index (χ1) is 11.4. The van der Waals surface area contributed by atoms with E-state index in [-0.39, 0.29) is 24.5 Å². The van der Waals surface area contributed by atoms with Crippen molar-refractivity contribution in [1.29, 1.82) is 0 Å². The highest BCUT2D eigenvalue weighted by Gasteiger charge is 2.31. The van der Waals surface area contributed by atoms with Gasteiger partial charge in [0, 0.05) is 19.6 Å². The maximum absolute atomic E-state index is 12.2. The SMILES string of the molecule is CCNC(=O)N1CCCC(OCc2cccc(OC(F)(F)F)c2)C1.